The lowest BCUT2D eigenvalue weighted by Crippen LogP contribution is -2.45. The number of carbonyl (C=O) groups is 1. The molecule has 110 valence electrons. The van der Waals surface area contributed by atoms with Crippen LogP contribution in [0.4, 0.5) is 0 Å². The summed E-state index contributed by atoms with van der Waals surface area (Å²) in [5.74, 6) is 0.319. The van der Waals surface area contributed by atoms with Crippen molar-refractivity contribution in [2.24, 2.45) is 11.3 Å². The Hall–Kier alpha value is -0.650. The lowest BCUT2D eigenvalue weighted by molar-refractivity contribution is -0.133. The van der Waals surface area contributed by atoms with E-state index in [1.54, 1.807) is 11.9 Å². The second kappa shape index (κ2) is 5.77. The van der Waals surface area contributed by atoms with Crippen LogP contribution in [0.5, 0.6) is 0 Å². The summed E-state index contributed by atoms with van der Waals surface area (Å²) in [6, 6.07) is 0. The van der Waals surface area contributed by atoms with Crippen molar-refractivity contribution in [2.75, 3.05) is 46.4 Å². The molecule has 1 amide bonds. The van der Waals surface area contributed by atoms with Crippen molar-refractivity contribution < 1.29 is 14.6 Å². The fraction of sp³-hybridized carbons (Fsp3) is 0.929. The molecule has 2 unspecified atom stereocenters. The summed E-state index contributed by atoms with van der Waals surface area (Å²) in [6.45, 7) is 8.48. The van der Waals surface area contributed by atoms with Crippen molar-refractivity contribution in [3.63, 3.8) is 0 Å². The van der Waals surface area contributed by atoms with Gasteiger partial charge in [-0.15, -0.1) is 0 Å². The summed E-state index contributed by atoms with van der Waals surface area (Å²) in [7, 11) is 1.79. The monoisotopic (exact) mass is 270 g/mol. The number of carbonyl (C=O) groups excluding carboxylic acids is 1. The first-order valence-corrected chi connectivity index (χ1v) is 7.13. The van der Waals surface area contributed by atoms with Crippen molar-refractivity contribution in [3.05, 3.63) is 0 Å². The highest BCUT2D eigenvalue weighted by Crippen LogP contribution is 2.52. The first-order chi connectivity index (χ1) is 8.90. The maximum Gasteiger partial charge on any atom is 0.226 e. The molecule has 0 aromatic heterocycles. The van der Waals surface area contributed by atoms with E-state index in [2.05, 4.69) is 18.7 Å². The van der Waals surface area contributed by atoms with Gasteiger partial charge in [-0.05, 0) is 11.8 Å². The van der Waals surface area contributed by atoms with Crippen LogP contribution in [0.15, 0.2) is 0 Å². The van der Waals surface area contributed by atoms with Crippen molar-refractivity contribution in [3.8, 4) is 0 Å². The van der Waals surface area contributed by atoms with E-state index in [4.69, 9.17) is 4.74 Å². The zero-order valence-electron chi connectivity index (χ0n) is 12.3. The largest absolute Gasteiger partial charge is 0.390 e. The van der Waals surface area contributed by atoms with Gasteiger partial charge < -0.3 is 14.7 Å². The van der Waals surface area contributed by atoms with Crippen LogP contribution >= 0.6 is 0 Å². The topological polar surface area (TPSA) is 53.0 Å². The Kier molecular flexibility index (Phi) is 4.48. The first kappa shape index (κ1) is 14.8. The highest BCUT2D eigenvalue weighted by Gasteiger charge is 2.51. The molecule has 1 saturated heterocycles. The van der Waals surface area contributed by atoms with Gasteiger partial charge >= 0.3 is 0 Å². The minimum atomic E-state index is -0.478. The molecule has 5 nitrogen and oxygen atoms in total. The summed E-state index contributed by atoms with van der Waals surface area (Å²) in [5, 5.41) is 10.1. The minimum Gasteiger partial charge on any atom is -0.390 e. The lowest BCUT2D eigenvalue weighted by atomic mass is 10.1. The average molecular weight is 270 g/mol. The van der Waals surface area contributed by atoms with Crippen LogP contribution in [0, 0.1) is 11.3 Å². The van der Waals surface area contributed by atoms with Crippen molar-refractivity contribution in [2.45, 2.75) is 26.4 Å². The van der Waals surface area contributed by atoms with E-state index in [-0.39, 0.29) is 17.2 Å². The SMILES string of the molecule is CN(CC(O)CN1CCOCC1)C(=O)C1CC1(C)C. The van der Waals surface area contributed by atoms with E-state index in [1.165, 1.54) is 0 Å². The number of rotatable bonds is 5. The van der Waals surface area contributed by atoms with Gasteiger partial charge in [-0.1, -0.05) is 13.8 Å². The third kappa shape index (κ3) is 3.91. The Morgan fingerprint density at radius 3 is 2.58 bits per heavy atom. The molecule has 1 aliphatic heterocycles. The van der Waals surface area contributed by atoms with Gasteiger partial charge in [0.25, 0.3) is 0 Å². The minimum absolute atomic E-state index is 0.146. The molecule has 0 aromatic rings. The number of β-amino-alcohol motifs (C(OH)–C–C–N with tert-alkyl or cyclic N) is 1. The molecule has 1 aliphatic carbocycles. The van der Waals surface area contributed by atoms with Crippen LogP contribution < -0.4 is 0 Å². The van der Waals surface area contributed by atoms with Crippen LogP contribution in [-0.2, 0) is 9.53 Å². The van der Waals surface area contributed by atoms with E-state index in [1.807, 2.05) is 0 Å². The molecule has 1 N–H and O–H groups in total. The maximum atomic E-state index is 12.1. The Morgan fingerprint density at radius 1 is 1.47 bits per heavy atom. The second-order valence-corrected chi connectivity index (χ2v) is 6.53. The van der Waals surface area contributed by atoms with E-state index in [0.717, 1.165) is 32.7 Å². The van der Waals surface area contributed by atoms with Crippen LogP contribution in [0.3, 0.4) is 0 Å². The van der Waals surface area contributed by atoms with E-state index in [9.17, 15) is 9.90 Å². The molecule has 0 aromatic carbocycles. The Morgan fingerprint density at radius 2 is 2.05 bits per heavy atom. The predicted octanol–water partition coefficient (Wildman–Crippen LogP) is 0.184. The van der Waals surface area contributed by atoms with Gasteiger partial charge in [0, 0.05) is 39.1 Å². The Balaban J connectivity index is 1.72. The van der Waals surface area contributed by atoms with Gasteiger partial charge in [0.2, 0.25) is 5.91 Å². The highest BCUT2D eigenvalue weighted by atomic mass is 16.5. The number of amides is 1. The average Bonchev–Trinajstić information content (AvgIpc) is 2.98. The van der Waals surface area contributed by atoms with Crippen molar-refractivity contribution >= 4 is 5.91 Å². The third-order valence-corrected chi connectivity index (χ3v) is 4.25. The summed E-state index contributed by atoms with van der Waals surface area (Å²) in [5.41, 5.74) is 0.153. The standard InChI is InChI=1S/C14H26N2O3/c1-14(2)8-12(14)13(18)15(3)9-11(17)10-16-4-6-19-7-5-16/h11-12,17H,4-10H2,1-3H3. The molecule has 1 heterocycles. The quantitative estimate of drug-likeness (QED) is 0.774. The Bertz CT molecular complexity index is 327. The first-order valence-electron chi connectivity index (χ1n) is 7.13. The van der Waals surface area contributed by atoms with Gasteiger partial charge in [-0.25, -0.2) is 0 Å². The molecular formula is C14H26N2O3. The van der Waals surface area contributed by atoms with Crippen LogP contribution in [0.2, 0.25) is 0 Å². The predicted molar refractivity (Wildman–Crippen MR) is 72.8 cm³/mol. The summed E-state index contributed by atoms with van der Waals surface area (Å²) in [6.07, 6.45) is 0.490. The molecule has 19 heavy (non-hydrogen) atoms. The molecule has 2 rings (SSSR count). The van der Waals surface area contributed by atoms with E-state index < -0.39 is 6.10 Å². The van der Waals surface area contributed by atoms with Gasteiger partial charge in [-0.2, -0.15) is 0 Å². The third-order valence-electron chi connectivity index (χ3n) is 4.25. The van der Waals surface area contributed by atoms with Crippen LogP contribution in [0.1, 0.15) is 20.3 Å². The number of nitrogens with zero attached hydrogens (tertiary/aromatic N) is 2. The molecule has 0 bridgehead atoms. The molecule has 2 aliphatic rings. The van der Waals surface area contributed by atoms with E-state index >= 15 is 0 Å². The molecule has 1 saturated carbocycles. The maximum absolute atomic E-state index is 12.1. The number of ether oxygens (including phenoxy) is 1. The zero-order chi connectivity index (χ0) is 14.0. The number of hydrogen-bond donors (Lipinski definition) is 1. The highest BCUT2D eigenvalue weighted by molar-refractivity contribution is 5.82. The fourth-order valence-electron chi connectivity index (χ4n) is 2.70. The van der Waals surface area contributed by atoms with Gasteiger partial charge in [0.1, 0.15) is 0 Å². The van der Waals surface area contributed by atoms with Crippen molar-refractivity contribution in [1.29, 1.82) is 0 Å². The molecule has 5 heteroatoms. The molecule has 0 spiro atoms. The number of aliphatic hydroxyl groups is 1. The van der Waals surface area contributed by atoms with E-state index in [0.29, 0.717) is 13.1 Å². The Labute approximate surface area is 115 Å². The fourth-order valence-corrected chi connectivity index (χ4v) is 2.70. The summed E-state index contributed by atoms with van der Waals surface area (Å²) in [4.78, 5) is 16.0. The van der Waals surface area contributed by atoms with Gasteiger partial charge in [0.15, 0.2) is 0 Å². The summed E-state index contributed by atoms with van der Waals surface area (Å²) >= 11 is 0. The molecule has 2 atom stereocenters. The normalized spacial score (nSPS) is 27.9. The van der Waals surface area contributed by atoms with Crippen LogP contribution in [-0.4, -0.2) is 73.4 Å². The van der Waals surface area contributed by atoms with Crippen molar-refractivity contribution in [1.82, 2.24) is 9.80 Å². The number of morpholine rings is 1. The molecule has 2 fully saturated rings. The molecular weight excluding hydrogens is 244 g/mol. The number of likely N-dealkylation sites (N-methyl/N-ethyl adjacent to an activating group) is 1. The lowest BCUT2D eigenvalue weighted by Gasteiger charge is -2.30. The van der Waals surface area contributed by atoms with Gasteiger partial charge in [-0.3, -0.25) is 9.69 Å². The second-order valence-electron chi connectivity index (χ2n) is 6.53. The zero-order valence-corrected chi connectivity index (χ0v) is 12.3. The number of aliphatic hydroxyl groups excluding tert-OH is 1. The van der Waals surface area contributed by atoms with Crippen LogP contribution in [0.25, 0.3) is 0 Å². The number of hydrogen-bond acceptors (Lipinski definition) is 4. The smallest absolute Gasteiger partial charge is 0.226 e. The molecule has 0 radical (unpaired) electrons. The summed E-state index contributed by atoms with van der Waals surface area (Å²) < 4.78 is 5.28. The van der Waals surface area contributed by atoms with Gasteiger partial charge in [0.05, 0.1) is 19.3 Å².